The van der Waals surface area contributed by atoms with Gasteiger partial charge in [-0.05, 0) is 42.5 Å². The van der Waals surface area contributed by atoms with Crippen LogP contribution in [0.15, 0.2) is 47.6 Å². The van der Waals surface area contributed by atoms with Crippen molar-refractivity contribution >= 4 is 64.1 Å². The van der Waals surface area contributed by atoms with E-state index >= 15 is 0 Å². The number of aromatic nitrogens is 3. The molecule has 30 heavy (non-hydrogen) atoms. The molecule has 0 aliphatic heterocycles. The number of rotatable bonds is 7. The number of anilines is 1. The highest BCUT2D eigenvalue weighted by atomic mass is 35.5. The van der Waals surface area contributed by atoms with Gasteiger partial charge >= 0.3 is 0 Å². The van der Waals surface area contributed by atoms with E-state index in [1.807, 2.05) is 0 Å². The molecule has 0 unspecified atom stereocenters. The predicted molar refractivity (Wildman–Crippen MR) is 119 cm³/mol. The molecular weight excluding hydrogens is 469 g/mol. The van der Waals surface area contributed by atoms with Crippen LogP contribution in [0.3, 0.4) is 0 Å². The third-order valence-corrected chi connectivity index (χ3v) is 5.99. The van der Waals surface area contributed by atoms with Gasteiger partial charge in [-0.25, -0.2) is 0 Å². The SMILES string of the molecule is Cn1c(CNC(=O)c2ccc(Cl)c(Cl)c2)nnc1SCC(=O)Nc1ccc(Cl)cc1. The van der Waals surface area contributed by atoms with Gasteiger partial charge in [0.15, 0.2) is 11.0 Å². The minimum Gasteiger partial charge on any atom is -0.345 e. The largest absolute Gasteiger partial charge is 0.345 e. The first-order chi connectivity index (χ1) is 14.3. The monoisotopic (exact) mass is 483 g/mol. The van der Waals surface area contributed by atoms with Crippen LogP contribution in [-0.2, 0) is 18.4 Å². The highest BCUT2D eigenvalue weighted by molar-refractivity contribution is 7.99. The van der Waals surface area contributed by atoms with Crippen molar-refractivity contribution in [2.45, 2.75) is 11.7 Å². The van der Waals surface area contributed by atoms with Crippen LogP contribution in [-0.4, -0.2) is 32.3 Å². The number of amides is 2. The fraction of sp³-hybridized carbons (Fsp3) is 0.158. The Labute approximate surface area is 192 Å². The molecule has 0 saturated heterocycles. The van der Waals surface area contributed by atoms with Crippen molar-refractivity contribution in [1.29, 1.82) is 0 Å². The molecule has 2 aromatic carbocycles. The van der Waals surface area contributed by atoms with Gasteiger partial charge in [-0.1, -0.05) is 46.6 Å². The molecule has 3 rings (SSSR count). The average molecular weight is 485 g/mol. The molecule has 0 fully saturated rings. The molecule has 3 aromatic rings. The molecule has 0 aliphatic rings. The maximum Gasteiger partial charge on any atom is 0.251 e. The molecule has 156 valence electrons. The molecule has 0 atom stereocenters. The summed E-state index contributed by atoms with van der Waals surface area (Å²) in [4.78, 5) is 24.4. The van der Waals surface area contributed by atoms with E-state index in [4.69, 9.17) is 34.8 Å². The number of nitrogens with zero attached hydrogens (tertiary/aromatic N) is 3. The first-order valence-electron chi connectivity index (χ1n) is 8.63. The first kappa shape index (κ1) is 22.4. The van der Waals surface area contributed by atoms with Crippen molar-refractivity contribution in [3.8, 4) is 0 Å². The number of nitrogens with one attached hydrogen (secondary N) is 2. The number of hydrogen-bond donors (Lipinski definition) is 2. The quantitative estimate of drug-likeness (QED) is 0.484. The van der Waals surface area contributed by atoms with Gasteiger partial charge in [-0.15, -0.1) is 10.2 Å². The molecule has 0 bridgehead atoms. The van der Waals surface area contributed by atoms with E-state index in [2.05, 4.69) is 20.8 Å². The number of hydrogen-bond acceptors (Lipinski definition) is 5. The van der Waals surface area contributed by atoms with Crippen LogP contribution in [0.25, 0.3) is 0 Å². The number of thioether (sulfide) groups is 1. The number of carbonyl (C=O) groups is 2. The second kappa shape index (κ2) is 10.2. The zero-order chi connectivity index (χ0) is 21.7. The average Bonchev–Trinajstić information content (AvgIpc) is 3.08. The summed E-state index contributed by atoms with van der Waals surface area (Å²) in [6.45, 7) is 0.167. The lowest BCUT2D eigenvalue weighted by molar-refractivity contribution is -0.113. The molecule has 1 aromatic heterocycles. The van der Waals surface area contributed by atoms with E-state index in [0.717, 1.165) is 0 Å². The second-order valence-electron chi connectivity index (χ2n) is 6.11. The maximum atomic E-state index is 12.3. The fourth-order valence-electron chi connectivity index (χ4n) is 2.38. The normalized spacial score (nSPS) is 10.7. The third kappa shape index (κ3) is 5.89. The van der Waals surface area contributed by atoms with E-state index in [0.29, 0.717) is 37.3 Å². The Balaban J connectivity index is 1.52. The van der Waals surface area contributed by atoms with Crippen molar-refractivity contribution < 1.29 is 9.59 Å². The third-order valence-electron chi connectivity index (χ3n) is 3.97. The number of halogens is 3. The van der Waals surface area contributed by atoms with Crippen LogP contribution in [0.2, 0.25) is 15.1 Å². The van der Waals surface area contributed by atoms with Gasteiger partial charge < -0.3 is 15.2 Å². The van der Waals surface area contributed by atoms with Crippen molar-refractivity contribution in [2.75, 3.05) is 11.1 Å². The lowest BCUT2D eigenvalue weighted by Gasteiger charge is -2.07. The summed E-state index contributed by atoms with van der Waals surface area (Å²) in [5, 5.41) is 15.5. The lowest BCUT2D eigenvalue weighted by atomic mass is 10.2. The van der Waals surface area contributed by atoms with Crippen LogP contribution >= 0.6 is 46.6 Å². The van der Waals surface area contributed by atoms with Gasteiger partial charge in [0.25, 0.3) is 5.91 Å². The number of carbonyl (C=O) groups excluding carboxylic acids is 2. The van der Waals surface area contributed by atoms with Crippen molar-refractivity contribution in [1.82, 2.24) is 20.1 Å². The number of benzene rings is 2. The smallest absolute Gasteiger partial charge is 0.251 e. The molecule has 7 nitrogen and oxygen atoms in total. The van der Waals surface area contributed by atoms with Crippen molar-refractivity contribution in [3.63, 3.8) is 0 Å². The van der Waals surface area contributed by atoms with Gasteiger partial charge in [-0.2, -0.15) is 0 Å². The van der Waals surface area contributed by atoms with Crippen LogP contribution < -0.4 is 10.6 Å². The minimum absolute atomic E-state index is 0.157. The van der Waals surface area contributed by atoms with Gasteiger partial charge in [0.05, 0.1) is 22.3 Å². The van der Waals surface area contributed by atoms with Gasteiger partial charge in [0, 0.05) is 23.3 Å². The summed E-state index contributed by atoms with van der Waals surface area (Å²) in [6, 6.07) is 11.5. The van der Waals surface area contributed by atoms with E-state index in [9.17, 15) is 9.59 Å². The van der Waals surface area contributed by atoms with E-state index < -0.39 is 0 Å². The minimum atomic E-state index is -0.312. The van der Waals surface area contributed by atoms with E-state index in [1.165, 1.54) is 17.8 Å². The Bertz CT molecular complexity index is 1070. The summed E-state index contributed by atoms with van der Waals surface area (Å²) in [7, 11) is 1.76. The van der Waals surface area contributed by atoms with Crippen LogP contribution in [0.1, 0.15) is 16.2 Å². The lowest BCUT2D eigenvalue weighted by Crippen LogP contribution is -2.24. The molecule has 11 heteroatoms. The second-order valence-corrected chi connectivity index (χ2v) is 8.31. The van der Waals surface area contributed by atoms with Crippen LogP contribution in [0.4, 0.5) is 5.69 Å². The van der Waals surface area contributed by atoms with Crippen LogP contribution in [0.5, 0.6) is 0 Å². The molecule has 0 saturated carbocycles. The Hall–Kier alpha value is -2.26. The van der Waals surface area contributed by atoms with Crippen LogP contribution in [0, 0.1) is 0 Å². The standard InChI is InChI=1S/C19H16Cl3N5O2S/c1-27-16(9-23-18(29)11-2-7-14(21)15(22)8-11)25-26-19(27)30-10-17(28)24-13-5-3-12(20)4-6-13/h2-8H,9-10H2,1H3,(H,23,29)(H,24,28). The molecule has 0 aliphatic carbocycles. The Kier molecular flexibility index (Phi) is 7.60. The summed E-state index contributed by atoms with van der Waals surface area (Å²) in [5.41, 5.74) is 1.05. The molecule has 1 heterocycles. The Morgan fingerprint density at radius 2 is 1.77 bits per heavy atom. The summed E-state index contributed by atoms with van der Waals surface area (Å²) in [6.07, 6.45) is 0. The van der Waals surface area contributed by atoms with Crippen molar-refractivity contribution in [2.24, 2.45) is 7.05 Å². The molecule has 2 N–H and O–H groups in total. The molecule has 2 amide bonds. The highest BCUT2D eigenvalue weighted by Crippen LogP contribution is 2.22. The van der Waals surface area contributed by atoms with Gasteiger partial charge in [0.2, 0.25) is 5.91 Å². The Morgan fingerprint density at radius 3 is 2.47 bits per heavy atom. The first-order valence-corrected chi connectivity index (χ1v) is 10.7. The summed E-state index contributed by atoms with van der Waals surface area (Å²) >= 11 is 18.9. The summed E-state index contributed by atoms with van der Waals surface area (Å²) < 4.78 is 1.72. The van der Waals surface area contributed by atoms with E-state index in [-0.39, 0.29) is 24.1 Å². The zero-order valence-electron chi connectivity index (χ0n) is 15.7. The highest BCUT2D eigenvalue weighted by Gasteiger charge is 2.14. The molecular formula is C19H16Cl3N5O2S. The Morgan fingerprint density at radius 1 is 1.03 bits per heavy atom. The fourth-order valence-corrected chi connectivity index (χ4v) is 3.54. The van der Waals surface area contributed by atoms with Crippen molar-refractivity contribution in [3.05, 3.63) is 68.9 Å². The molecule has 0 spiro atoms. The topological polar surface area (TPSA) is 88.9 Å². The van der Waals surface area contributed by atoms with E-state index in [1.54, 1.807) is 48.0 Å². The van der Waals surface area contributed by atoms with Gasteiger partial charge in [0.1, 0.15) is 0 Å². The zero-order valence-corrected chi connectivity index (χ0v) is 18.7. The predicted octanol–water partition coefficient (Wildman–Crippen LogP) is 4.44. The van der Waals surface area contributed by atoms with Gasteiger partial charge in [-0.3, -0.25) is 9.59 Å². The summed E-state index contributed by atoms with van der Waals surface area (Å²) in [5.74, 6) is 0.210. The molecule has 0 radical (unpaired) electrons. The maximum absolute atomic E-state index is 12.3.